The predicted octanol–water partition coefficient (Wildman–Crippen LogP) is 8.43. The summed E-state index contributed by atoms with van der Waals surface area (Å²) >= 11 is 0. The van der Waals surface area contributed by atoms with Gasteiger partial charge in [-0.3, -0.25) is 0 Å². The summed E-state index contributed by atoms with van der Waals surface area (Å²) in [7, 11) is 0. The van der Waals surface area contributed by atoms with Crippen molar-refractivity contribution in [1.29, 1.82) is 0 Å². The lowest BCUT2D eigenvalue weighted by molar-refractivity contribution is 0.300. The largest absolute Gasteiger partial charge is 0.0945 e. The number of hydrogen-bond donors (Lipinski definition) is 0. The van der Waals surface area contributed by atoms with Gasteiger partial charge in [-0.25, -0.2) is 0 Å². The van der Waals surface area contributed by atoms with E-state index in [0.717, 1.165) is 11.5 Å². The minimum Gasteiger partial charge on any atom is -0.0945 e. The Kier molecular flexibility index (Phi) is 8.88. The molecule has 0 amide bonds. The van der Waals surface area contributed by atoms with Gasteiger partial charge >= 0.3 is 0 Å². The Balaban J connectivity index is 1.51. The molecular weight excluding hydrogens is 348 g/mol. The van der Waals surface area contributed by atoms with E-state index in [0.29, 0.717) is 5.92 Å². The highest BCUT2D eigenvalue weighted by atomic mass is 14.2. The first kappa shape index (κ1) is 21.7. The van der Waals surface area contributed by atoms with Crippen LogP contribution >= 0.6 is 0 Å². The third kappa shape index (κ3) is 7.08. The average Bonchev–Trinajstić information content (AvgIpc) is 2.77. The predicted molar refractivity (Wildman–Crippen MR) is 127 cm³/mol. The van der Waals surface area contributed by atoms with E-state index in [1.54, 1.807) is 0 Å². The topological polar surface area (TPSA) is 0 Å². The Labute approximate surface area is 179 Å². The lowest BCUT2D eigenvalue weighted by Crippen LogP contribution is -2.13. The van der Waals surface area contributed by atoms with Crippen molar-refractivity contribution in [2.45, 2.75) is 84.5 Å². The number of rotatable bonds is 8. The lowest BCUT2D eigenvalue weighted by atomic mass is 9.80. The van der Waals surface area contributed by atoms with E-state index in [1.165, 1.54) is 87.3 Å². The number of aryl methyl sites for hydroxylation is 1. The fourth-order valence-corrected chi connectivity index (χ4v) is 4.55. The monoisotopic (exact) mass is 386 g/mol. The maximum absolute atomic E-state index is 3.55. The van der Waals surface area contributed by atoms with Crippen LogP contribution in [0.2, 0.25) is 0 Å². The van der Waals surface area contributed by atoms with Gasteiger partial charge in [0.25, 0.3) is 0 Å². The van der Waals surface area contributed by atoms with Crippen LogP contribution in [0.4, 0.5) is 0 Å². The molecule has 0 unspecified atom stereocenters. The van der Waals surface area contributed by atoms with Gasteiger partial charge in [-0.05, 0) is 73.3 Å². The Bertz CT molecular complexity index is 762. The van der Waals surface area contributed by atoms with Crippen LogP contribution < -0.4 is 0 Å². The molecule has 1 aliphatic carbocycles. The van der Waals surface area contributed by atoms with Crippen LogP contribution in [0.15, 0.2) is 48.5 Å². The second kappa shape index (κ2) is 11.9. The Morgan fingerprint density at radius 2 is 1.38 bits per heavy atom. The highest BCUT2D eigenvalue weighted by molar-refractivity contribution is 5.64. The summed E-state index contributed by atoms with van der Waals surface area (Å²) in [6.07, 6.45) is 14.6. The maximum atomic E-state index is 3.55. The van der Waals surface area contributed by atoms with E-state index in [4.69, 9.17) is 0 Å². The molecule has 154 valence electrons. The Hall–Kier alpha value is -2.00. The number of benzene rings is 2. The van der Waals surface area contributed by atoms with Gasteiger partial charge in [0.15, 0.2) is 0 Å². The Morgan fingerprint density at radius 3 is 2.00 bits per heavy atom. The van der Waals surface area contributed by atoms with Crippen molar-refractivity contribution >= 4 is 0 Å². The zero-order chi connectivity index (χ0) is 20.3. The van der Waals surface area contributed by atoms with Gasteiger partial charge in [-0.2, -0.15) is 0 Å². The second-order valence-corrected chi connectivity index (χ2v) is 8.86. The molecule has 0 atom stereocenters. The number of hydrogen-bond acceptors (Lipinski definition) is 0. The van der Waals surface area contributed by atoms with Crippen LogP contribution in [0, 0.1) is 23.7 Å². The van der Waals surface area contributed by atoms with Crippen LogP contribution in [-0.4, -0.2) is 0 Å². The fourth-order valence-electron chi connectivity index (χ4n) is 4.55. The summed E-state index contributed by atoms with van der Waals surface area (Å²) in [5.74, 6) is 8.54. The highest BCUT2D eigenvalue weighted by Gasteiger charge is 2.18. The minimum absolute atomic E-state index is 0.604. The summed E-state index contributed by atoms with van der Waals surface area (Å²) in [6, 6.07) is 17.9. The molecule has 2 aromatic carbocycles. The highest BCUT2D eigenvalue weighted by Crippen LogP contribution is 2.31. The lowest BCUT2D eigenvalue weighted by Gasteiger charge is -2.25. The maximum Gasteiger partial charge on any atom is 0.0245 e. The normalized spacial score (nSPS) is 18.8. The van der Waals surface area contributed by atoms with E-state index in [1.807, 2.05) is 0 Å². The number of unbranched alkanes of at least 4 members (excludes halogenated alkanes) is 3. The van der Waals surface area contributed by atoms with Gasteiger partial charge in [0.05, 0.1) is 0 Å². The second-order valence-electron chi connectivity index (χ2n) is 8.86. The van der Waals surface area contributed by atoms with E-state index >= 15 is 0 Å². The molecule has 1 saturated carbocycles. The molecule has 0 aromatic heterocycles. The van der Waals surface area contributed by atoms with E-state index < -0.39 is 0 Å². The molecule has 3 rings (SSSR count). The standard InChI is InChI=1S/C29H38/c1-3-5-6-7-9-25-16-20-28(21-17-25)29-22-18-27(19-23-29)15-14-26-12-10-24(8-4-2)11-13-26/h16-24,26H,3-13H2,1-2H3. The van der Waals surface area contributed by atoms with Crippen molar-refractivity contribution in [3.8, 4) is 23.0 Å². The molecule has 2 aromatic rings. The van der Waals surface area contributed by atoms with Crippen molar-refractivity contribution in [1.82, 2.24) is 0 Å². The molecule has 0 spiro atoms. The molecule has 0 nitrogen and oxygen atoms in total. The quantitative estimate of drug-likeness (QED) is 0.315. The molecule has 1 aliphatic rings. The van der Waals surface area contributed by atoms with Crippen molar-refractivity contribution in [2.24, 2.45) is 11.8 Å². The molecule has 0 heterocycles. The first-order valence-corrected chi connectivity index (χ1v) is 12.0. The molecule has 0 saturated heterocycles. The first-order chi connectivity index (χ1) is 14.3. The van der Waals surface area contributed by atoms with Gasteiger partial charge < -0.3 is 0 Å². The Morgan fingerprint density at radius 1 is 0.724 bits per heavy atom. The van der Waals surface area contributed by atoms with Crippen LogP contribution in [0.3, 0.4) is 0 Å². The third-order valence-corrected chi connectivity index (χ3v) is 6.46. The third-order valence-electron chi connectivity index (χ3n) is 6.46. The SMILES string of the molecule is CCCCCCc1ccc(-c2ccc(C#CC3CCC(CCC)CC3)cc2)cc1. The van der Waals surface area contributed by atoms with Crippen LogP contribution in [0.1, 0.15) is 89.2 Å². The molecule has 0 bridgehead atoms. The summed E-state index contributed by atoms with van der Waals surface area (Å²) < 4.78 is 0. The van der Waals surface area contributed by atoms with Gasteiger partial charge in [0.2, 0.25) is 0 Å². The first-order valence-electron chi connectivity index (χ1n) is 12.0. The summed E-state index contributed by atoms with van der Waals surface area (Å²) in [6.45, 7) is 4.57. The van der Waals surface area contributed by atoms with Crippen molar-refractivity contribution < 1.29 is 0 Å². The van der Waals surface area contributed by atoms with Crippen LogP contribution in [0.5, 0.6) is 0 Å². The summed E-state index contributed by atoms with van der Waals surface area (Å²) in [4.78, 5) is 0. The van der Waals surface area contributed by atoms with Gasteiger partial charge in [0, 0.05) is 11.5 Å². The minimum atomic E-state index is 0.604. The molecule has 0 radical (unpaired) electrons. The molecule has 29 heavy (non-hydrogen) atoms. The van der Waals surface area contributed by atoms with E-state index in [2.05, 4.69) is 74.2 Å². The average molecular weight is 387 g/mol. The molecule has 0 N–H and O–H groups in total. The van der Waals surface area contributed by atoms with Gasteiger partial charge in [-0.15, -0.1) is 0 Å². The van der Waals surface area contributed by atoms with Crippen LogP contribution in [0.25, 0.3) is 11.1 Å². The van der Waals surface area contributed by atoms with Crippen molar-refractivity contribution in [3.63, 3.8) is 0 Å². The summed E-state index contributed by atoms with van der Waals surface area (Å²) in [5, 5.41) is 0. The zero-order valence-corrected chi connectivity index (χ0v) is 18.6. The molecule has 0 aliphatic heterocycles. The molecular formula is C29H38. The molecule has 1 fully saturated rings. The van der Waals surface area contributed by atoms with Gasteiger partial charge in [0.1, 0.15) is 0 Å². The molecule has 0 heteroatoms. The van der Waals surface area contributed by atoms with Gasteiger partial charge in [-0.1, -0.05) is 94.2 Å². The van der Waals surface area contributed by atoms with Crippen LogP contribution in [-0.2, 0) is 6.42 Å². The van der Waals surface area contributed by atoms with E-state index in [9.17, 15) is 0 Å². The smallest absolute Gasteiger partial charge is 0.0245 e. The van der Waals surface area contributed by atoms with E-state index in [-0.39, 0.29) is 0 Å². The zero-order valence-electron chi connectivity index (χ0n) is 18.6. The summed E-state index contributed by atoms with van der Waals surface area (Å²) in [5.41, 5.74) is 5.20. The fraction of sp³-hybridized carbons (Fsp3) is 0.517. The van der Waals surface area contributed by atoms with Crippen molar-refractivity contribution in [3.05, 3.63) is 59.7 Å². The van der Waals surface area contributed by atoms with Crippen molar-refractivity contribution in [2.75, 3.05) is 0 Å².